The van der Waals surface area contributed by atoms with Crippen molar-refractivity contribution in [2.75, 3.05) is 5.75 Å². The number of hydrogen-bond acceptors (Lipinski definition) is 2. The molecule has 1 aromatic carbocycles. The summed E-state index contributed by atoms with van der Waals surface area (Å²) in [6, 6.07) is 4.08. The Labute approximate surface area is 131 Å². The number of benzene rings is 1. The Morgan fingerprint density at radius 1 is 1.17 bits per heavy atom. The third-order valence-corrected chi connectivity index (χ3v) is 3.98. The summed E-state index contributed by atoms with van der Waals surface area (Å²) < 4.78 is 75.7. The monoisotopic (exact) mass is 352 g/mol. The molecule has 2 aromatic rings. The molecule has 0 fully saturated rings. The molecule has 1 aromatic heterocycles. The van der Waals surface area contributed by atoms with Crippen molar-refractivity contribution < 1.29 is 26.3 Å². The molecule has 0 unspecified atom stereocenters. The fraction of sp³-hybridized carbons (Fsp3) is 0.214. The van der Waals surface area contributed by atoms with Crippen molar-refractivity contribution in [2.24, 2.45) is 0 Å². The average Bonchev–Trinajstić information content (AvgIpc) is 2.93. The number of rotatable bonds is 4. The first kappa shape index (κ1) is 17.5. The Bertz CT molecular complexity index is 702. The Balaban J connectivity index is 2.42. The minimum atomic E-state index is -4.66. The molecule has 23 heavy (non-hydrogen) atoms. The predicted molar refractivity (Wildman–Crippen MR) is 75.9 cm³/mol. The Morgan fingerprint density at radius 2 is 1.87 bits per heavy atom. The molecule has 0 bridgehead atoms. The molecule has 1 N–H and O–H groups in total. The normalized spacial score (nSPS) is 12.4. The van der Waals surface area contributed by atoms with Crippen LogP contribution in [-0.2, 0) is 6.18 Å². The molecule has 0 saturated carbocycles. The first-order valence-electron chi connectivity index (χ1n) is 6.19. The SMILES string of the molecule is C=Cc1ccc(-c2c[nH]nc2C(F)(F)F)cc1SCC(F)(F)F. The first-order chi connectivity index (χ1) is 10.6. The van der Waals surface area contributed by atoms with Crippen molar-refractivity contribution in [3.8, 4) is 11.1 Å². The third-order valence-electron chi connectivity index (χ3n) is 2.84. The van der Waals surface area contributed by atoms with E-state index in [-0.39, 0.29) is 16.0 Å². The number of aromatic nitrogens is 2. The molecule has 2 rings (SSSR count). The topological polar surface area (TPSA) is 28.7 Å². The number of thioether (sulfide) groups is 1. The van der Waals surface area contributed by atoms with E-state index in [1.54, 1.807) is 0 Å². The molecule has 0 spiro atoms. The van der Waals surface area contributed by atoms with Gasteiger partial charge in [-0.05, 0) is 17.2 Å². The molecular formula is C14H10F6N2S. The van der Waals surface area contributed by atoms with Crippen molar-refractivity contribution in [1.29, 1.82) is 0 Å². The van der Waals surface area contributed by atoms with Crippen LogP contribution in [0.25, 0.3) is 17.2 Å². The molecule has 0 aliphatic carbocycles. The van der Waals surface area contributed by atoms with Gasteiger partial charge in [-0.15, -0.1) is 11.8 Å². The van der Waals surface area contributed by atoms with E-state index >= 15 is 0 Å². The van der Waals surface area contributed by atoms with Crippen LogP contribution in [0.5, 0.6) is 0 Å². The fourth-order valence-electron chi connectivity index (χ4n) is 1.88. The zero-order valence-electron chi connectivity index (χ0n) is 11.4. The van der Waals surface area contributed by atoms with E-state index in [0.717, 1.165) is 6.20 Å². The van der Waals surface area contributed by atoms with Gasteiger partial charge in [-0.1, -0.05) is 24.8 Å². The number of nitrogens with zero attached hydrogens (tertiary/aromatic N) is 1. The molecule has 0 aliphatic heterocycles. The van der Waals surface area contributed by atoms with Crippen LogP contribution >= 0.6 is 11.8 Å². The van der Waals surface area contributed by atoms with Crippen LogP contribution in [0.1, 0.15) is 11.3 Å². The van der Waals surface area contributed by atoms with Gasteiger partial charge in [0.05, 0.1) is 5.75 Å². The van der Waals surface area contributed by atoms with Crippen LogP contribution in [-0.4, -0.2) is 22.1 Å². The van der Waals surface area contributed by atoms with Crippen LogP contribution in [0, 0.1) is 0 Å². The van der Waals surface area contributed by atoms with Gasteiger partial charge in [0.2, 0.25) is 0 Å². The quantitative estimate of drug-likeness (QED) is 0.590. The number of alkyl halides is 6. The first-order valence-corrected chi connectivity index (χ1v) is 7.18. The lowest BCUT2D eigenvalue weighted by Gasteiger charge is -2.11. The van der Waals surface area contributed by atoms with E-state index < -0.39 is 23.8 Å². The highest BCUT2D eigenvalue weighted by Crippen LogP contribution is 2.38. The lowest BCUT2D eigenvalue weighted by molar-refractivity contribution is -0.140. The predicted octanol–water partition coefficient (Wildman–Crippen LogP) is 5.39. The van der Waals surface area contributed by atoms with E-state index in [1.807, 2.05) is 0 Å². The van der Waals surface area contributed by atoms with Gasteiger partial charge in [0.25, 0.3) is 0 Å². The number of H-pyrrole nitrogens is 1. The van der Waals surface area contributed by atoms with Crippen molar-refractivity contribution >= 4 is 17.8 Å². The van der Waals surface area contributed by atoms with E-state index in [4.69, 9.17) is 0 Å². The summed E-state index contributed by atoms with van der Waals surface area (Å²) in [6.07, 6.45) is -6.63. The second-order valence-electron chi connectivity index (χ2n) is 4.51. The van der Waals surface area contributed by atoms with Crippen LogP contribution < -0.4 is 0 Å². The van der Waals surface area contributed by atoms with E-state index in [9.17, 15) is 26.3 Å². The number of hydrogen-bond donors (Lipinski definition) is 1. The Kier molecular flexibility index (Phi) is 4.79. The molecule has 0 amide bonds. The zero-order valence-corrected chi connectivity index (χ0v) is 12.2. The molecular weight excluding hydrogens is 342 g/mol. The van der Waals surface area contributed by atoms with Crippen molar-refractivity contribution in [1.82, 2.24) is 10.2 Å². The lowest BCUT2D eigenvalue weighted by Crippen LogP contribution is -2.10. The lowest BCUT2D eigenvalue weighted by atomic mass is 10.0. The Morgan fingerprint density at radius 3 is 2.43 bits per heavy atom. The zero-order chi connectivity index (χ0) is 17.3. The van der Waals surface area contributed by atoms with Gasteiger partial charge in [0.1, 0.15) is 0 Å². The van der Waals surface area contributed by atoms with Crippen LogP contribution in [0.15, 0.2) is 35.9 Å². The summed E-state index contributed by atoms with van der Waals surface area (Å²) >= 11 is 0.495. The summed E-state index contributed by atoms with van der Waals surface area (Å²) in [7, 11) is 0. The largest absolute Gasteiger partial charge is 0.435 e. The summed E-state index contributed by atoms with van der Waals surface area (Å²) in [6.45, 7) is 3.49. The number of aromatic amines is 1. The van der Waals surface area contributed by atoms with E-state index in [1.165, 1.54) is 24.3 Å². The second-order valence-corrected chi connectivity index (χ2v) is 5.52. The molecule has 2 nitrogen and oxygen atoms in total. The van der Waals surface area contributed by atoms with Crippen molar-refractivity contribution in [3.63, 3.8) is 0 Å². The third kappa shape index (κ3) is 4.31. The average molecular weight is 352 g/mol. The highest BCUT2D eigenvalue weighted by Gasteiger charge is 2.36. The van der Waals surface area contributed by atoms with Crippen molar-refractivity contribution in [3.05, 3.63) is 42.2 Å². The maximum Gasteiger partial charge on any atom is 0.435 e. The Hall–Kier alpha value is -1.90. The summed E-state index contributed by atoms with van der Waals surface area (Å²) in [5, 5.41) is 5.30. The van der Waals surface area contributed by atoms with Gasteiger partial charge in [-0.2, -0.15) is 31.4 Å². The second kappa shape index (κ2) is 6.31. The molecule has 124 valence electrons. The molecule has 0 saturated heterocycles. The minimum absolute atomic E-state index is 0.126. The van der Waals surface area contributed by atoms with E-state index in [0.29, 0.717) is 17.3 Å². The summed E-state index contributed by atoms with van der Waals surface area (Å²) in [4.78, 5) is 0.198. The minimum Gasteiger partial charge on any atom is -0.284 e. The summed E-state index contributed by atoms with van der Waals surface area (Å²) in [5.41, 5.74) is -0.793. The molecule has 0 radical (unpaired) electrons. The van der Waals surface area contributed by atoms with Gasteiger partial charge >= 0.3 is 12.4 Å². The van der Waals surface area contributed by atoms with Gasteiger partial charge in [0, 0.05) is 16.7 Å². The maximum absolute atomic E-state index is 12.9. The van der Waals surface area contributed by atoms with Gasteiger partial charge < -0.3 is 0 Å². The van der Waals surface area contributed by atoms with Crippen LogP contribution in [0.2, 0.25) is 0 Å². The molecule has 0 atom stereocenters. The molecule has 0 aliphatic rings. The van der Waals surface area contributed by atoms with Gasteiger partial charge in [-0.3, -0.25) is 5.10 Å². The smallest absolute Gasteiger partial charge is 0.284 e. The number of nitrogens with one attached hydrogen (secondary N) is 1. The number of halogens is 6. The maximum atomic E-state index is 12.9. The van der Waals surface area contributed by atoms with Gasteiger partial charge in [-0.25, -0.2) is 0 Å². The summed E-state index contributed by atoms with van der Waals surface area (Å²) in [5.74, 6) is -1.14. The molecule has 9 heteroatoms. The van der Waals surface area contributed by atoms with Crippen molar-refractivity contribution in [2.45, 2.75) is 17.2 Å². The molecule has 1 heterocycles. The highest BCUT2D eigenvalue weighted by atomic mass is 32.2. The van der Waals surface area contributed by atoms with E-state index in [2.05, 4.69) is 16.8 Å². The van der Waals surface area contributed by atoms with Gasteiger partial charge in [0.15, 0.2) is 5.69 Å². The van der Waals surface area contributed by atoms with Crippen LogP contribution in [0.4, 0.5) is 26.3 Å². The highest BCUT2D eigenvalue weighted by molar-refractivity contribution is 7.99. The standard InChI is InChI=1S/C14H10F6N2S/c1-2-8-3-4-9(5-11(8)23-7-13(15,16)17)10-6-21-22-12(10)14(18,19)20/h2-6H,1,7H2,(H,21,22). The van der Waals surface area contributed by atoms with Crippen LogP contribution in [0.3, 0.4) is 0 Å². The fourth-order valence-corrected chi connectivity index (χ4v) is 2.73.